The van der Waals surface area contributed by atoms with E-state index in [-0.39, 0.29) is 0 Å². The molecule has 1 aromatic heterocycles. The Bertz CT molecular complexity index is 402. The van der Waals surface area contributed by atoms with Gasteiger partial charge in [0.05, 0.1) is 5.69 Å². The van der Waals surface area contributed by atoms with Gasteiger partial charge in [-0.2, -0.15) is 16.9 Å². The smallest absolute Gasteiger partial charge is 0.131 e. The van der Waals surface area contributed by atoms with Crippen LogP contribution >= 0.6 is 11.8 Å². The van der Waals surface area contributed by atoms with Gasteiger partial charge in [0, 0.05) is 43.2 Å². The van der Waals surface area contributed by atoms with Crippen molar-refractivity contribution in [1.29, 1.82) is 0 Å². The SMILES string of the molecule is CCNCc1c(C)nn(C)c1N1CCSC(C)C1. The lowest BCUT2D eigenvalue weighted by atomic mass is 10.2. The molecule has 0 saturated carbocycles. The highest BCUT2D eigenvalue weighted by molar-refractivity contribution is 8.00. The number of nitrogens with zero attached hydrogens (tertiary/aromatic N) is 3. The van der Waals surface area contributed by atoms with Gasteiger partial charge in [-0.3, -0.25) is 4.68 Å². The summed E-state index contributed by atoms with van der Waals surface area (Å²) in [6, 6.07) is 0. The average Bonchev–Trinajstić information content (AvgIpc) is 2.61. The van der Waals surface area contributed by atoms with Crippen molar-refractivity contribution in [3.63, 3.8) is 0 Å². The van der Waals surface area contributed by atoms with Crippen LogP contribution in [-0.2, 0) is 13.6 Å². The summed E-state index contributed by atoms with van der Waals surface area (Å²) in [5, 5.41) is 8.73. The largest absolute Gasteiger partial charge is 0.355 e. The summed E-state index contributed by atoms with van der Waals surface area (Å²) < 4.78 is 2.05. The van der Waals surface area contributed by atoms with Crippen molar-refractivity contribution in [2.45, 2.75) is 32.6 Å². The van der Waals surface area contributed by atoms with Crippen LogP contribution in [0.5, 0.6) is 0 Å². The number of rotatable bonds is 4. The van der Waals surface area contributed by atoms with Crippen molar-refractivity contribution in [2.24, 2.45) is 7.05 Å². The monoisotopic (exact) mass is 268 g/mol. The second-order valence-electron chi connectivity index (χ2n) is 4.92. The van der Waals surface area contributed by atoms with Crippen molar-refractivity contribution < 1.29 is 0 Å². The lowest BCUT2D eigenvalue weighted by Gasteiger charge is -2.33. The molecule has 1 aromatic rings. The molecule has 1 aliphatic heterocycles. The second kappa shape index (κ2) is 5.97. The van der Waals surface area contributed by atoms with E-state index in [2.05, 4.69) is 54.9 Å². The molecule has 5 heteroatoms. The van der Waals surface area contributed by atoms with Gasteiger partial charge >= 0.3 is 0 Å². The maximum atomic E-state index is 4.59. The molecule has 0 radical (unpaired) electrons. The quantitative estimate of drug-likeness (QED) is 0.902. The van der Waals surface area contributed by atoms with Gasteiger partial charge in [-0.1, -0.05) is 13.8 Å². The van der Waals surface area contributed by atoms with Crippen molar-refractivity contribution in [2.75, 3.05) is 30.3 Å². The van der Waals surface area contributed by atoms with Gasteiger partial charge in [0.1, 0.15) is 5.82 Å². The molecular formula is C13H24N4S. The van der Waals surface area contributed by atoms with Crippen LogP contribution in [0.3, 0.4) is 0 Å². The van der Waals surface area contributed by atoms with E-state index in [1.165, 1.54) is 17.1 Å². The Labute approximate surface area is 114 Å². The second-order valence-corrected chi connectivity index (χ2v) is 6.47. The van der Waals surface area contributed by atoms with Crippen LogP contribution in [0, 0.1) is 6.92 Å². The molecule has 1 unspecified atom stereocenters. The molecule has 1 saturated heterocycles. The zero-order valence-corrected chi connectivity index (χ0v) is 12.7. The third-order valence-electron chi connectivity index (χ3n) is 3.41. The van der Waals surface area contributed by atoms with Gasteiger partial charge in [-0.25, -0.2) is 0 Å². The van der Waals surface area contributed by atoms with E-state index >= 15 is 0 Å². The van der Waals surface area contributed by atoms with Crippen LogP contribution in [0.25, 0.3) is 0 Å². The summed E-state index contributed by atoms with van der Waals surface area (Å²) in [4.78, 5) is 2.49. The predicted octanol–water partition coefficient (Wildman–Crippen LogP) is 1.78. The van der Waals surface area contributed by atoms with E-state index < -0.39 is 0 Å². The summed E-state index contributed by atoms with van der Waals surface area (Å²) in [5.41, 5.74) is 2.51. The zero-order chi connectivity index (χ0) is 13.1. The fourth-order valence-corrected chi connectivity index (χ4v) is 3.57. The third-order valence-corrected chi connectivity index (χ3v) is 4.54. The summed E-state index contributed by atoms with van der Waals surface area (Å²) in [6.45, 7) is 10.7. The van der Waals surface area contributed by atoms with Crippen LogP contribution in [-0.4, -0.2) is 40.4 Å². The number of hydrogen-bond donors (Lipinski definition) is 1. The number of thioether (sulfide) groups is 1. The average molecular weight is 268 g/mol. The fourth-order valence-electron chi connectivity index (χ4n) is 2.55. The van der Waals surface area contributed by atoms with Crippen LogP contribution in [0.1, 0.15) is 25.1 Å². The highest BCUT2D eigenvalue weighted by Crippen LogP contribution is 2.28. The highest BCUT2D eigenvalue weighted by atomic mass is 32.2. The Hall–Kier alpha value is -0.680. The standard InChI is InChI=1S/C13H24N4S/c1-5-14-8-12-11(3)15-16(4)13(12)17-6-7-18-10(2)9-17/h10,14H,5-9H2,1-4H3. The number of nitrogens with one attached hydrogen (secondary N) is 1. The molecule has 0 spiro atoms. The Morgan fingerprint density at radius 3 is 2.94 bits per heavy atom. The lowest BCUT2D eigenvalue weighted by Crippen LogP contribution is -2.38. The van der Waals surface area contributed by atoms with Gasteiger partial charge < -0.3 is 10.2 Å². The zero-order valence-electron chi connectivity index (χ0n) is 11.9. The van der Waals surface area contributed by atoms with Crippen LogP contribution < -0.4 is 10.2 Å². The molecule has 0 bridgehead atoms. The molecule has 1 aliphatic rings. The van der Waals surface area contributed by atoms with E-state index in [1.807, 2.05) is 4.68 Å². The molecule has 18 heavy (non-hydrogen) atoms. The minimum Gasteiger partial charge on any atom is -0.355 e. The minimum atomic E-state index is 0.709. The molecule has 2 rings (SSSR count). The predicted molar refractivity (Wildman–Crippen MR) is 79.5 cm³/mol. The van der Waals surface area contributed by atoms with Crippen LogP contribution in [0.15, 0.2) is 0 Å². The molecule has 2 heterocycles. The maximum absolute atomic E-state index is 4.59. The first-order valence-corrected chi connectivity index (χ1v) is 7.78. The number of anilines is 1. The highest BCUT2D eigenvalue weighted by Gasteiger charge is 2.23. The first-order chi connectivity index (χ1) is 8.63. The lowest BCUT2D eigenvalue weighted by molar-refractivity contribution is 0.683. The van der Waals surface area contributed by atoms with Gasteiger partial charge in [-0.15, -0.1) is 0 Å². The molecule has 0 aromatic carbocycles. The molecule has 4 nitrogen and oxygen atoms in total. The normalized spacial score (nSPS) is 20.4. The van der Waals surface area contributed by atoms with Crippen LogP contribution in [0.4, 0.5) is 5.82 Å². The Kier molecular flexibility index (Phi) is 4.56. The van der Waals surface area contributed by atoms with Gasteiger partial charge in [-0.05, 0) is 13.5 Å². The van der Waals surface area contributed by atoms with E-state index in [9.17, 15) is 0 Å². The number of hydrogen-bond acceptors (Lipinski definition) is 4. The van der Waals surface area contributed by atoms with Crippen molar-refractivity contribution in [3.8, 4) is 0 Å². The molecule has 0 amide bonds. The Balaban J connectivity index is 2.24. The molecule has 0 aliphatic carbocycles. The van der Waals surface area contributed by atoms with Crippen molar-refractivity contribution in [3.05, 3.63) is 11.3 Å². The fraction of sp³-hybridized carbons (Fsp3) is 0.769. The summed E-state index contributed by atoms with van der Waals surface area (Å²) >= 11 is 2.07. The first kappa shape index (κ1) is 13.7. The van der Waals surface area contributed by atoms with Gasteiger partial charge in [0.15, 0.2) is 0 Å². The molecule has 1 fully saturated rings. The van der Waals surface area contributed by atoms with Gasteiger partial charge in [0.25, 0.3) is 0 Å². The maximum Gasteiger partial charge on any atom is 0.131 e. The molecule has 1 N–H and O–H groups in total. The van der Waals surface area contributed by atoms with Gasteiger partial charge in [0.2, 0.25) is 0 Å². The number of aryl methyl sites for hydroxylation is 2. The third kappa shape index (κ3) is 2.83. The number of aromatic nitrogens is 2. The van der Waals surface area contributed by atoms with E-state index in [1.54, 1.807) is 0 Å². The summed E-state index contributed by atoms with van der Waals surface area (Å²) in [7, 11) is 2.06. The van der Waals surface area contributed by atoms with Crippen molar-refractivity contribution in [1.82, 2.24) is 15.1 Å². The summed E-state index contributed by atoms with van der Waals surface area (Å²) in [5.74, 6) is 2.52. The Morgan fingerprint density at radius 1 is 1.50 bits per heavy atom. The minimum absolute atomic E-state index is 0.709. The molecular weight excluding hydrogens is 244 g/mol. The van der Waals surface area contributed by atoms with E-state index in [0.717, 1.165) is 31.9 Å². The van der Waals surface area contributed by atoms with E-state index in [4.69, 9.17) is 0 Å². The molecule has 1 atom stereocenters. The van der Waals surface area contributed by atoms with Crippen molar-refractivity contribution >= 4 is 17.6 Å². The van der Waals surface area contributed by atoms with Crippen LogP contribution in [0.2, 0.25) is 0 Å². The van der Waals surface area contributed by atoms with E-state index in [0.29, 0.717) is 5.25 Å². The topological polar surface area (TPSA) is 33.1 Å². The first-order valence-electron chi connectivity index (χ1n) is 6.73. The molecule has 102 valence electrons. The summed E-state index contributed by atoms with van der Waals surface area (Å²) in [6.07, 6.45) is 0. The Morgan fingerprint density at radius 2 is 2.28 bits per heavy atom.